The van der Waals surface area contributed by atoms with Crippen LogP contribution in [-0.4, -0.2) is 15.0 Å². The van der Waals surface area contributed by atoms with Crippen molar-refractivity contribution in [1.82, 2.24) is 15.0 Å². The van der Waals surface area contributed by atoms with Crippen molar-refractivity contribution in [3.8, 4) is 18.2 Å². The van der Waals surface area contributed by atoms with E-state index in [0.717, 1.165) is 15.4 Å². The van der Waals surface area contributed by atoms with E-state index in [0.29, 0.717) is 16.7 Å². The summed E-state index contributed by atoms with van der Waals surface area (Å²) < 4.78 is 0.604. The summed E-state index contributed by atoms with van der Waals surface area (Å²) in [6.45, 7) is 0. The molecular formula is C16H13N7S2. The minimum Gasteiger partial charge on any atom is -0.396 e. The van der Waals surface area contributed by atoms with Gasteiger partial charge in [0.2, 0.25) is 0 Å². The number of fused-ring (bicyclic) bond motifs is 1. The number of nitrogens with one attached hydrogen (secondary N) is 1. The van der Waals surface area contributed by atoms with Gasteiger partial charge in [-0.3, -0.25) is 0 Å². The Morgan fingerprint density at radius 3 is 2.40 bits per heavy atom. The lowest BCUT2D eigenvalue weighted by Crippen LogP contribution is -1.85. The Morgan fingerprint density at radius 2 is 1.92 bits per heavy atom. The fraction of sp³-hybridized carbons (Fsp3) is 0.125. The Bertz CT molecular complexity index is 941. The fourth-order valence-electron chi connectivity index (χ4n) is 1.43. The number of aromatic amines is 1. The Labute approximate surface area is 153 Å². The highest BCUT2D eigenvalue weighted by Crippen LogP contribution is 2.18. The second kappa shape index (κ2) is 11.3. The van der Waals surface area contributed by atoms with Crippen molar-refractivity contribution < 1.29 is 0 Å². The van der Waals surface area contributed by atoms with E-state index < -0.39 is 0 Å². The third-order valence-electron chi connectivity index (χ3n) is 2.45. The Balaban J connectivity index is 0.000000209. The number of aromatic nitrogens is 3. The van der Waals surface area contributed by atoms with Gasteiger partial charge < -0.3 is 10.7 Å². The number of H-pyrrole nitrogens is 1. The molecule has 0 spiro atoms. The first-order chi connectivity index (χ1) is 12.1. The van der Waals surface area contributed by atoms with Gasteiger partial charge in [0.25, 0.3) is 0 Å². The van der Waals surface area contributed by atoms with Crippen molar-refractivity contribution in [1.29, 1.82) is 15.8 Å². The van der Waals surface area contributed by atoms with Crippen LogP contribution in [0, 0.1) is 38.6 Å². The zero-order valence-electron chi connectivity index (χ0n) is 13.0. The summed E-state index contributed by atoms with van der Waals surface area (Å²) in [5, 5.41) is 24.5. The van der Waals surface area contributed by atoms with E-state index in [9.17, 15) is 0 Å². The molecule has 25 heavy (non-hydrogen) atoms. The van der Waals surface area contributed by atoms with E-state index >= 15 is 0 Å². The molecule has 9 heteroatoms. The van der Waals surface area contributed by atoms with Crippen LogP contribution >= 0.6 is 23.6 Å². The van der Waals surface area contributed by atoms with E-state index in [2.05, 4.69) is 21.0 Å². The second-order valence-corrected chi connectivity index (χ2v) is 5.69. The van der Waals surface area contributed by atoms with E-state index in [1.54, 1.807) is 30.6 Å². The Kier molecular flexibility index (Phi) is 8.88. The first kappa shape index (κ1) is 19.7. The summed E-state index contributed by atoms with van der Waals surface area (Å²) in [6, 6.07) is 12.7. The average molecular weight is 367 g/mol. The van der Waals surface area contributed by atoms with Crippen molar-refractivity contribution in [2.75, 3.05) is 5.73 Å². The second-order valence-electron chi connectivity index (χ2n) is 4.22. The molecule has 0 unspecified atom stereocenters. The molecule has 3 aromatic heterocycles. The summed E-state index contributed by atoms with van der Waals surface area (Å²) in [5.74, 6) is 0. The molecule has 0 saturated carbocycles. The lowest BCUT2D eigenvalue weighted by molar-refractivity contribution is 1.21. The number of thiazole rings is 1. The number of nitriles is 3. The number of hydrogen-bond acceptors (Lipinski definition) is 8. The van der Waals surface area contributed by atoms with Crippen molar-refractivity contribution in [3.63, 3.8) is 0 Å². The highest BCUT2D eigenvalue weighted by Gasteiger charge is 2.01. The molecule has 3 rings (SSSR count). The summed E-state index contributed by atoms with van der Waals surface area (Å²) in [5.41, 5.74) is 6.89. The average Bonchev–Trinajstić information content (AvgIpc) is 3.02. The van der Waals surface area contributed by atoms with Crippen LogP contribution in [0.2, 0.25) is 0 Å². The molecule has 3 aromatic rings. The van der Waals surface area contributed by atoms with Gasteiger partial charge >= 0.3 is 0 Å². The summed E-state index contributed by atoms with van der Waals surface area (Å²) in [6.07, 6.45) is 3.86. The molecule has 0 bridgehead atoms. The van der Waals surface area contributed by atoms with Crippen LogP contribution in [0.1, 0.15) is 11.4 Å². The highest BCUT2D eigenvalue weighted by molar-refractivity contribution is 7.71. The van der Waals surface area contributed by atoms with Gasteiger partial charge in [0.05, 0.1) is 30.3 Å². The monoisotopic (exact) mass is 367 g/mol. The molecule has 3 N–H and O–H groups in total. The minimum atomic E-state index is 0. The standard InChI is InChI=1S/C8H5N3S.C5H6N2S.C3H2N2/c9-4-3-7-11-6-2-1-5-10-8(6)12-7;6-4-2-1-3-7-5(4)8;4-2-1-3-5/h1-2,5H,3H2;1-3H,6H2,(H,7,8);1H2. The summed E-state index contributed by atoms with van der Waals surface area (Å²) in [4.78, 5) is 12.1. The first-order valence-electron chi connectivity index (χ1n) is 6.86. The van der Waals surface area contributed by atoms with Crippen LogP contribution < -0.4 is 5.73 Å². The lowest BCUT2D eigenvalue weighted by Gasteiger charge is -1.87. The number of hydrogen-bond donors (Lipinski definition) is 2. The fourth-order valence-corrected chi connectivity index (χ4v) is 2.40. The molecule has 0 aliphatic heterocycles. The number of nitrogens with zero attached hydrogens (tertiary/aromatic N) is 5. The SMILES string of the molecule is N#CCC#N.N#CCc1nc2cccnc2s1.Nc1ccc[nH]c1=S. The van der Waals surface area contributed by atoms with Gasteiger partial charge in [-0.25, -0.2) is 9.97 Å². The molecule has 0 aromatic carbocycles. The van der Waals surface area contributed by atoms with Crippen LogP contribution in [0.4, 0.5) is 5.69 Å². The molecule has 0 radical (unpaired) electrons. The number of pyridine rings is 2. The third-order valence-corrected chi connectivity index (χ3v) is 3.78. The predicted octanol–water partition coefficient (Wildman–Crippen LogP) is 3.51. The minimum absolute atomic E-state index is 0. The van der Waals surface area contributed by atoms with Crippen LogP contribution in [-0.2, 0) is 6.42 Å². The van der Waals surface area contributed by atoms with Crippen molar-refractivity contribution in [2.24, 2.45) is 0 Å². The molecule has 124 valence electrons. The van der Waals surface area contributed by atoms with Crippen LogP contribution in [0.5, 0.6) is 0 Å². The Morgan fingerprint density at radius 1 is 1.16 bits per heavy atom. The summed E-state index contributed by atoms with van der Waals surface area (Å²) in [7, 11) is 0. The van der Waals surface area contributed by atoms with E-state index in [1.807, 2.05) is 18.2 Å². The maximum atomic E-state index is 8.44. The molecular weight excluding hydrogens is 354 g/mol. The molecule has 0 aliphatic carbocycles. The first-order valence-corrected chi connectivity index (χ1v) is 8.09. The zero-order valence-corrected chi connectivity index (χ0v) is 14.6. The molecule has 0 atom stereocenters. The predicted molar refractivity (Wildman–Crippen MR) is 98.6 cm³/mol. The maximum Gasteiger partial charge on any atom is 0.143 e. The van der Waals surface area contributed by atoms with Gasteiger partial charge in [-0.2, -0.15) is 15.8 Å². The molecule has 3 heterocycles. The van der Waals surface area contributed by atoms with Crippen LogP contribution in [0.3, 0.4) is 0 Å². The van der Waals surface area contributed by atoms with Gasteiger partial charge in [-0.15, -0.1) is 0 Å². The van der Waals surface area contributed by atoms with Crippen molar-refractivity contribution in [3.05, 3.63) is 46.3 Å². The van der Waals surface area contributed by atoms with Gasteiger partial charge in [0, 0.05) is 12.4 Å². The van der Waals surface area contributed by atoms with Gasteiger partial charge in [0.15, 0.2) is 0 Å². The number of nitrogens with two attached hydrogens (primary N) is 1. The Hall–Kier alpha value is -3.32. The molecule has 0 fully saturated rings. The number of nitrogen functional groups attached to an aromatic ring is 1. The van der Waals surface area contributed by atoms with Gasteiger partial charge in [0.1, 0.15) is 26.4 Å². The van der Waals surface area contributed by atoms with Gasteiger partial charge in [-0.1, -0.05) is 23.6 Å². The number of rotatable bonds is 1. The largest absolute Gasteiger partial charge is 0.396 e. The van der Waals surface area contributed by atoms with Gasteiger partial charge in [-0.05, 0) is 24.3 Å². The molecule has 7 nitrogen and oxygen atoms in total. The third kappa shape index (κ3) is 7.19. The van der Waals surface area contributed by atoms with E-state index in [-0.39, 0.29) is 6.42 Å². The quantitative estimate of drug-likeness (QED) is 0.627. The lowest BCUT2D eigenvalue weighted by atomic mass is 10.4. The van der Waals surface area contributed by atoms with E-state index in [1.165, 1.54) is 11.3 Å². The zero-order chi connectivity index (χ0) is 18.5. The smallest absolute Gasteiger partial charge is 0.143 e. The summed E-state index contributed by atoms with van der Waals surface area (Å²) >= 11 is 6.25. The maximum absolute atomic E-state index is 8.44. The van der Waals surface area contributed by atoms with Crippen LogP contribution in [0.15, 0.2) is 36.7 Å². The number of anilines is 1. The molecule has 0 amide bonds. The van der Waals surface area contributed by atoms with E-state index in [4.69, 9.17) is 33.7 Å². The molecule has 0 saturated heterocycles. The molecule has 0 aliphatic rings. The topological polar surface area (TPSA) is 139 Å². The normalized spacial score (nSPS) is 8.52. The van der Waals surface area contributed by atoms with Crippen molar-refractivity contribution >= 4 is 39.6 Å². The van der Waals surface area contributed by atoms with Crippen molar-refractivity contribution in [2.45, 2.75) is 12.8 Å². The van der Waals surface area contributed by atoms with Crippen LogP contribution in [0.25, 0.3) is 10.3 Å². The highest BCUT2D eigenvalue weighted by atomic mass is 32.1.